The number of carbonyl (C=O) groups excluding carboxylic acids is 2. The van der Waals surface area contributed by atoms with Gasteiger partial charge in [0.25, 0.3) is 0 Å². The van der Waals surface area contributed by atoms with Gasteiger partial charge in [-0.2, -0.15) is 0 Å². The first-order valence-electron chi connectivity index (χ1n) is 12.0. The fraction of sp³-hybridized carbons (Fsp3) is 0.481. The monoisotopic (exact) mass is 486 g/mol. The van der Waals surface area contributed by atoms with Gasteiger partial charge in [0.15, 0.2) is 0 Å². The van der Waals surface area contributed by atoms with Crippen LogP contribution in [0.25, 0.3) is 0 Å². The smallest absolute Gasteiger partial charge is 0.243 e. The lowest BCUT2D eigenvalue weighted by Crippen LogP contribution is -2.52. The number of hydrogen-bond donors (Lipinski definition) is 1. The van der Waals surface area contributed by atoms with E-state index in [2.05, 4.69) is 17.4 Å². The van der Waals surface area contributed by atoms with E-state index in [0.29, 0.717) is 23.7 Å². The summed E-state index contributed by atoms with van der Waals surface area (Å²) in [5.74, 6) is 1.11. The van der Waals surface area contributed by atoms with E-state index in [-0.39, 0.29) is 17.9 Å². The molecule has 1 aliphatic carbocycles. The molecule has 0 radical (unpaired) electrons. The lowest BCUT2D eigenvalue weighted by molar-refractivity contribution is -0.139. The molecule has 1 aliphatic rings. The van der Waals surface area contributed by atoms with Gasteiger partial charge in [-0.15, -0.1) is 11.8 Å². The van der Waals surface area contributed by atoms with Crippen molar-refractivity contribution < 1.29 is 9.59 Å². The molecule has 0 aliphatic heterocycles. The molecule has 0 aromatic heterocycles. The van der Waals surface area contributed by atoms with Gasteiger partial charge in [-0.3, -0.25) is 9.59 Å². The van der Waals surface area contributed by atoms with Crippen molar-refractivity contribution in [2.24, 2.45) is 0 Å². The first-order valence-corrected chi connectivity index (χ1v) is 13.6. The maximum Gasteiger partial charge on any atom is 0.243 e. The molecule has 0 heterocycles. The Morgan fingerprint density at radius 2 is 1.73 bits per heavy atom. The van der Waals surface area contributed by atoms with E-state index in [0.717, 1.165) is 30.6 Å². The molecule has 2 aromatic rings. The molecule has 3 rings (SSSR count). The Hall–Kier alpha value is -1.98. The maximum absolute atomic E-state index is 13.3. The topological polar surface area (TPSA) is 49.4 Å². The van der Waals surface area contributed by atoms with Crippen molar-refractivity contribution in [3.8, 4) is 0 Å². The van der Waals surface area contributed by atoms with Crippen molar-refractivity contribution in [3.05, 3.63) is 70.7 Å². The Kier molecular flexibility index (Phi) is 10.6. The number of amides is 2. The highest BCUT2D eigenvalue weighted by atomic mass is 35.5. The zero-order chi connectivity index (χ0) is 23.5. The van der Waals surface area contributed by atoms with Crippen molar-refractivity contribution >= 4 is 35.2 Å². The molecule has 0 spiro atoms. The third-order valence-electron chi connectivity index (χ3n) is 6.23. The number of benzene rings is 2. The Balaban J connectivity index is 1.64. The summed E-state index contributed by atoms with van der Waals surface area (Å²) < 4.78 is 0. The van der Waals surface area contributed by atoms with Gasteiger partial charge in [-0.05, 0) is 48.9 Å². The van der Waals surface area contributed by atoms with Crippen LogP contribution in [0, 0.1) is 0 Å². The molecular weight excluding hydrogens is 452 g/mol. The Labute approximate surface area is 207 Å². The molecule has 1 fully saturated rings. The highest BCUT2D eigenvalue weighted by Gasteiger charge is 2.29. The predicted octanol–water partition coefficient (Wildman–Crippen LogP) is 5.87. The van der Waals surface area contributed by atoms with E-state index in [9.17, 15) is 9.59 Å². The van der Waals surface area contributed by atoms with Gasteiger partial charge in [0.1, 0.15) is 6.04 Å². The van der Waals surface area contributed by atoms with Crippen LogP contribution in [0.3, 0.4) is 0 Å². The average Bonchev–Trinajstić information content (AvgIpc) is 2.84. The summed E-state index contributed by atoms with van der Waals surface area (Å²) in [5, 5.41) is 3.95. The molecule has 2 aromatic carbocycles. The Morgan fingerprint density at radius 3 is 2.39 bits per heavy atom. The van der Waals surface area contributed by atoms with Gasteiger partial charge in [-0.1, -0.05) is 80.3 Å². The maximum atomic E-state index is 13.3. The van der Waals surface area contributed by atoms with Gasteiger partial charge in [-0.25, -0.2) is 0 Å². The molecule has 0 bridgehead atoms. The average molecular weight is 487 g/mol. The largest absolute Gasteiger partial charge is 0.352 e. The number of nitrogens with one attached hydrogen (secondary N) is 1. The molecule has 1 saturated carbocycles. The number of nitrogens with zero attached hydrogens (tertiary/aromatic N) is 1. The molecule has 6 heteroatoms. The standard InChI is InChI=1S/C27H35ClN2O2S/c1-2-25(27(32)29-24-11-7-4-8-12-24)30(18-17-21-9-5-3-6-10-21)26(31)20-33-19-22-13-15-23(28)16-14-22/h3,5-6,9-10,13-16,24-25H,2,4,7-8,11-12,17-20H2,1H3,(H,29,32). The molecule has 2 amide bonds. The SMILES string of the molecule is CCC(C(=O)NC1CCCCC1)N(CCc1ccccc1)C(=O)CSCc1ccc(Cl)cc1. The zero-order valence-corrected chi connectivity index (χ0v) is 21.0. The van der Waals surface area contributed by atoms with Crippen LogP contribution in [0.5, 0.6) is 0 Å². The lowest BCUT2D eigenvalue weighted by atomic mass is 9.95. The van der Waals surface area contributed by atoms with E-state index in [1.54, 1.807) is 16.7 Å². The van der Waals surface area contributed by atoms with Crippen LogP contribution in [-0.4, -0.2) is 41.1 Å². The Bertz CT molecular complexity index is 869. The lowest BCUT2D eigenvalue weighted by Gasteiger charge is -2.32. The fourth-order valence-corrected chi connectivity index (χ4v) is 5.36. The van der Waals surface area contributed by atoms with Crippen LogP contribution in [0.2, 0.25) is 5.02 Å². The van der Waals surface area contributed by atoms with Gasteiger partial charge >= 0.3 is 0 Å². The van der Waals surface area contributed by atoms with Crippen LogP contribution in [0.4, 0.5) is 0 Å². The van der Waals surface area contributed by atoms with E-state index in [4.69, 9.17) is 11.6 Å². The first-order chi connectivity index (χ1) is 16.1. The van der Waals surface area contributed by atoms with Gasteiger partial charge in [0.05, 0.1) is 5.75 Å². The van der Waals surface area contributed by atoms with Gasteiger partial charge < -0.3 is 10.2 Å². The summed E-state index contributed by atoms with van der Waals surface area (Å²) in [6.07, 6.45) is 7.01. The Morgan fingerprint density at radius 1 is 1.03 bits per heavy atom. The molecule has 1 atom stereocenters. The van der Waals surface area contributed by atoms with Gasteiger partial charge in [0.2, 0.25) is 11.8 Å². The minimum absolute atomic E-state index is 0.00601. The third kappa shape index (κ3) is 8.38. The number of halogens is 1. The van der Waals surface area contributed by atoms with Crippen LogP contribution in [0.1, 0.15) is 56.6 Å². The minimum Gasteiger partial charge on any atom is -0.352 e. The molecule has 1 unspecified atom stereocenters. The fourth-order valence-electron chi connectivity index (χ4n) is 4.36. The number of thioether (sulfide) groups is 1. The first kappa shape index (κ1) is 25.6. The normalized spacial score (nSPS) is 15.1. The van der Waals surface area contributed by atoms with Crippen molar-refractivity contribution in [1.29, 1.82) is 0 Å². The van der Waals surface area contributed by atoms with Crippen LogP contribution >= 0.6 is 23.4 Å². The molecule has 4 nitrogen and oxygen atoms in total. The molecule has 33 heavy (non-hydrogen) atoms. The summed E-state index contributed by atoms with van der Waals surface area (Å²) in [6.45, 7) is 2.54. The van der Waals surface area contributed by atoms with E-state index in [1.165, 1.54) is 24.8 Å². The van der Waals surface area contributed by atoms with Crippen molar-refractivity contribution in [3.63, 3.8) is 0 Å². The highest BCUT2D eigenvalue weighted by molar-refractivity contribution is 7.99. The quantitative estimate of drug-likeness (QED) is 0.432. The van der Waals surface area contributed by atoms with E-state index < -0.39 is 6.04 Å². The third-order valence-corrected chi connectivity index (χ3v) is 7.47. The zero-order valence-electron chi connectivity index (χ0n) is 19.5. The second kappa shape index (κ2) is 13.7. The van der Waals surface area contributed by atoms with Crippen molar-refractivity contribution in [1.82, 2.24) is 10.2 Å². The number of rotatable bonds is 11. The minimum atomic E-state index is -0.431. The summed E-state index contributed by atoms with van der Waals surface area (Å²) in [7, 11) is 0. The molecule has 178 valence electrons. The van der Waals surface area contributed by atoms with E-state index >= 15 is 0 Å². The summed E-state index contributed by atoms with van der Waals surface area (Å²) in [6, 6.07) is 17.7. The van der Waals surface area contributed by atoms with Crippen LogP contribution < -0.4 is 5.32 Å². The second-order valence-corrected chi connectivity index (χ2v) is 10.1. The predicted molar refractivity (Wildman–Crippen MR) is 139 cm³/mol. The van der Waals surface area contributed by atoms with Crippen LogP contribution in [-0.2, 0) is 21.8 Å². The van der Waals surface area contributed by atoms with Crippen molar-refractivity contribution in [2.45, 2.75) is 69.7 Å². The summed E-state index contributed by atoms with van der Waals surface area (Å²) in [5.41, 5.74) is 2.31. The molecule has 1 N–H and O–H groups in total. The highest BCUT2D eigenvalue weighted by Crippen LogP contribution is 2.20. The van der Waals surface area contributed by atoms with E-state index in [1.807, 2.05) is 49.4 Å². The van der Waals surface area contributed by atoms with Crippen molar-refractivity contribution in [2.75, 3.05) is 12.3 Å². The second-order valence-electron chi connectivity index (χ2n) is 8.71. The summed E-state index contributed by atoms with van der Waals surface area (Å²) in [4.78, 5) is 28.3. The summed E-state index contributed by atoms with van der Waals surface area (Å²) >= 11 is 7.55. The number of carbonyl (C=O) groups is 2. The van der Waals surface area contributed by atoms with Crippen LogP contribution in [0.15, 0.2) is 54.6 Å². The molecular formula is C27H35ClN2O2S. The van der Waals surface area contributed by atoms with Gasteiger partial charge in [0, 0.05) is 23.4 Å². The number of hydrogen-bond acceptors (Lipinski definition) is 3. The molecule has 0 saturated heterocycles.